The van der Waals surface area contributed by atoms with E-state index in [1.165, 1.54) is 0 Å². The Morgan fingerprint density at radius 2 is 2.00 bits per heavy atom. The predicted octanol–water partition coefficient (Wildman–Crippen LogP) is 3.14. The number of alkyl halides is 1. The number of aliphatic hydroxyl groups excluding tert-OH is 1. The lowest BCUT2D eigenvalue weighted by Gasteiger charge is -2.18. The quantitative estimate of drug-likeness (QED) is 0.203. The van der Waals surface area contributed by atoms with Crippen LogP contribution in [0.25, 0.3) is 0 Å². The highest BCUT2D eigenvalue weighted by Crippen LogP contribution is 2.12. The van der Waals surface area contributed by atoms with Crippen LogP contribution in [0.5, 0.6) is 0 Å². The summed E-state index contributed by atoms with van der Waals surface area (Å²) in [7, 11) is 0. The van der Waals surface area contributed by atoms with Crippen molar-refractivity contribution in [3.8, 4) is 0 Å². The largest absolute Gasteiger partial charge is 0.461 e. The van der Waals surface area contributed by atoms with Crippen molar-refractivity contribution >= 4 is 40.3 Å². The van der Waals surface area contributed by atoms with E-state index in [0.717, 1.165) is 48.7 Å². The van der Waals surface area contributed by atoms with E-state index in [1.807, 2.05) is 13.8 Å². The number of carbonyl (C=O) groups excluding carboxylic acids is 1. The fourth-order valence-electron chi connectivity index (χ4n) is 1.81. The fourth-order valence-corrected chi connectivity index (χ4v) is 3.17. The molecule has 3 atom stereocenters. The Kier molecular flexibility index (Phi) is 14.4. The Balaban J connectivity index is 3.78. The Bertz CT molecular complexity index is 269. The van der Waals surface area contributed by atoms with Gasteiger partial charge in [0, 0.05) is 5.75 Å². The molecular formula is C15H30INO3S. The molecule has 6 heteroatoms. The highest BCUT2D eigenvalue weighted by molar-refractivity contribution is 14.1. The van der Waals surface area contributed by atoms with Crippen LogP contribution in [-0.4, -0.2) is 45.3 Å². The summed E-state index contributed by atoms with van der Waals surface area (Å²) < 4.78 is 6.54. The van der Waals surface area contributed by atoms with Gasteiger partial charge in [0.25, 0.3) is 0 Å². The molecule has 21 heavy (non-hydrogen) atoms. The van der Waals surface area contributed by atoms with Gasteiger partial charge in [-0.05, 0) is 48.7 Å². The van der Waals surface area contributed by atoms with E-state index in [9.17, 15) is 9.90 Å². The van der Waals surface area contributed by atoms with Gasteiger partial charge in [0.15, 0.2) is 0 Å². The molecule has 2 unspecified atom stereocenters. The summed E-state index contributed by atoms with van der Waals surface area (Å²) in [5, 5.41) is 9.44. The Morgan fingerprint density at radius 1 is 1.29 bits per heavy atom. The highest BCUT2D eigenvalue weighted by Gasteiger charge is 2.19. The minimum Gasteiger partial charge on any atom is -0.461 e. The molecule has 0 amide bonds. The number of esters is 1. The first-order chi connectivity index (χ1) is 10.0. The molecule has 0 saturated carbocycles. The molecular weight excluding hydrogens is 401 g/mol. The second-order valence-electron chi connectivity index (χ2n) is 5.18. The first kappa shape index (κ1) is 21.5. The molecule has 0 aliphatic rings. The predicted molar refractivity (Wildman–Crippen MR) is 99.1 cm³/mol. The van der Waals surface area contributed by atoms with Crippen molar-refractivity contribution in [1.82, 2.24) is 0 Å². The zero-order valence-electron chi connectivity index (χ0n) is 13.2. The lowest BCUT2D eigenvalue weighted by atomic mass is 10.1. The second kappa shape index (κ2) is 14.1. The maximum atomic E-state index is 11.9. The van der Waals surface area contributed by atoms with Gasteiger partial charge < -0.3 is 15.6 Å². The summed E-state index contributed by atoms with van der Waals surface area (Å²) in [4.78, 5) is 11.9. The van der Waals surface area contributed by atoms with Crippen LogP contribution in [0.2, 0.25) is 0 Å². The number of ether oxygens (including phenoxy) is 1. The molecule has 0 heterocycles. The van der Waals surface area contributed by atoms with E-state index in [2.05, 4.69) is 22.6 Å². The molecule has 0 spiro atoms. The molecule has 0 fully saturated rings. The van der Waals surface area contributed by atoms with E-state index in [-0.39, 0.29) is 18.2 Å². The van der Waals surface area contributed by atoms with Gasteiger partial charge in [-0.1, -0.05) is 36.4 Å². The van der Waals surface area contributed by atoms with Crippen LogP contribution >= 0.6 is 34.4 Å². The summed E-state index contributed by atoms with van der Waals surface area (Å²) in [6, 6.07) is -0.542. The van der Waals surface area contributed by atoms with Crippen molar-refractivity contribution in [2.45, 2.75) is 70.6 Å². The molecule has 0 rings (SSSR count). The van der Waals surface area contributed by atoms with E-state index >= 15 is 0 Å². The molecule has 0 radical (unpaired) electrons. The van der Waals surface area contributed by atoms with Gasteiger partial charge in [-0.15, -0.1) is 0 Å². The Hall–Kier alpha value is 0.470. The number of hydrogen-bond donors (Lipinski definition) is 2. The molecule has 0 aliphatic heterocycles. The molecule has 3 N–H and O–H groups in total. The summed E-state index contributed by atoms with van der Waals surface area (Å²) in [6.45, 7) is 4.01. The topological polar surface area (TPSA) is 72.5 Å². The van der Waals surface area contributed by atoms with Crippen LogP contribution in [0.3, 0.4) is 0 Å². The SMILES string of the molecule is CCC(O)CCCSC[C@H](N)C(=O)OC(CC)CCCI. The minimum absolute atomic E-state index is 0.00279. The normalized spacial score (nSPS) is 15.5. The first-order valence-corrected chi connectivity index (χ1v) is 10.5. The van der Waals surface area contributed by atoms with Crippen molar-refractivity contribution in [3.63, 3.8) is 0 Å². The number of halogens is 1. The first-order valence-electron chi connectivity index (χ1n) is 7.82. The van der Waals surface area contributed by atoms with Crippen molar-refractivity contribution in [3.05, 3.63) is 0 Å². The standard InChI is InChI=1S/C15H30INO3S/c1-3-12(18)7-6-10-21-11-14(17)15(19)20-13(4-2)8-5-9-16/h12-14,18H,3-11,17H2,1-2H3/t12?,13?,14-/m0/s1. The second-order valence-corrected chi connectivity index (χ2v) is 7.41. The zero-order valence-corrected chi connectivity index (χ0v) is 16.2. The third kappa shape index (κ3) is 11.7. The van der Waals surface area contributed by atoms with Crippen LogP contribution < -0.4 is 5.73 Å². The Morgan fingerprint density at radius 3 is 2.57 bits per heavy atom. The molecule has 0 bridgehead atoms. The Labute approximate surface area is 147 Å². The summed E-state index contributed by atoms with van der Waals surface area (Å²) in [6.07, 6.45) is 5.20. The average Bonchev–Trinajstić information content (AvgIpc) is 2.50. The van der Waals surface area contributed by atoms with E-state index in [1.54, 1.807) is 11.8 Å². The van der Waals surface area contributed by atoms with Crippen molar-refractivity contribution < 1.29 is 14.6 Å². The average molecular weight is 431 g/mol. The van der Waals surface area contributed by atoms with Crippen LogP contribution in [0.1, 0.15) is 52.4 Å². The van der Waals surface area contributed by atoms with Crippen LogP contribution in [-0.2, 0) is 9.53 Å². The van der Waals surface area contributed by atoms with E-state index < -0.39 is 6.04 Å². The number of carbonyl (C=O) groups is 1. The van der Waals surface area contributed by atoms with Crippen LogP contribution in [0.4, 0.5) is 0 Å². The van der Waals surface area contributed by atoms with Gasteiger partial charge in [0.05, 0.1) is 6.10 Å². The lowest BCUT2D eigenvalue weighted by Crippen LogP contribution is -2.37. The number of hydrogen-bond acceptors (Lipinski definition) is 5. The van der Waals surface area contributed by atoms with Gasteiger partial charge in [0.1, 0.15) is 12.1 Å². The minimum atomic E-state index is -0.542. The summed E-state index contributed by atoms with van der Waals surface area (Å²) >= 11 is 3.99. The maximum absolute atomic E-state index is 11.9. The van der Waals surface area contributed by atoms with Crippen LogP contribution in [0.15, 0.2) is 0 Å². The van der Waals surface area contributed by atoms with Gasteiger partial charge in [-0.2, -0.15) is 11.8 Å². The van der Waals surface area contributed by atoms with Crippen molar-refractivity contribution in [1.29, 1.82) is 0 Å². The fraction of sp³-hybridized carbons (Fsp3) is 0.933. The molecule has 0 aliphatic carbocycles. The third-order valence-electron chi connectivity index (χ3n) is 3.30. The molecule has 4 nitrogen and oxygen atoms in total. The summed E-state index contributed by atoms with van der Waals surface area (Å²) in [5.74, 6) is 1.23. The smallest absolute Gasteiger partial charge is 0.324 e. The number of rotatable bonds is 13. The molecule has 0 saturated heterocycles. The van der Waals surface area contributed by atoms with Crippen molar-refractivity contribution in [2.24, 2.45) is 5.73 Å². The maximum Gasteiger partial charge on any atom is 0.324 e. The van der Waals surface area contributed by atoms with Gasteiger partial charge in [-0.3, -0.25) is 4.79 Å². The number of aliphatic hydroxyl groups is 1. The van der Waals surface area contributed by atoms with Gasteiger partial charge >= 0.3 is 5.97 Å². The molecule has 0 aromatic heterocycles. The third-order valence-corrected chi connectivity index (χ3v) is 5.23. The van der Waals surface area contributed by atoms with Gasteiger partial charge in [0.2, 0.25) is 0 Å². The van der Waals surface area contributed by atoms with Crippen LogP contribution in [0, 0.1) is 0 Å². The van der Waals surface area contributed by atoms with Gasteiger partial charge in [-0.25, -0.2) is 0 Å². The monoisotopic (exact) mass is 431 g/mol. The lowest BCUT2D eigenvalue weighted by molar-refractivity contribution is -0.150. The zero-order chi connectivity index (χ0) is 16.1. The molecule has 126 valence electrons. The highest BCUT2D eigenvalue weighted by atomic mass is 127. The molecule has 0 aromatic carbocycles. The van der Waals surface area contributed by atoms with E-state index in [4.69, 9.17) is 10.5 Å². The number of thioether (sulfide) groups is 1. The van der Waals surface area contributed by atoms with E-state index in [0.29, 0.717) is 5.75 Å². The van der Waals surface area contributed by atoms with Crippen molar-refractivity contribution in [2.75, 3.05) is 15.9 Å². The molecule has 0 aromatic rings. The summed E-state index contributed by atoms with van der Waals surface area (Å²) in [5.41, 5.74) is 5.87. The number of nitrogens with two attached hydrogens (primary N) is 1.